The minimum absolute atomic E-state index is 0.0903. The Balaban J connectivity index is 2.63. The fourth-order valence-electron chi connectivity index (χ4n) is 1.78. The van der Waals surface area contributed by atoms with Gasteiger partial charge in [0.2, 0.25) is 6.29 Å². The average molecular weight is 223 g/mol. The van der Waals surface area contributed by atoms with Crippen LogP contribution in [0.2, 0.25) is 0 Å². The molecule has 1 aliphatic rings. The molecule has 84 valence electrons. The summed E-state index contributed by atoms with van der Waals surface area (Å²) in [7, 11) is 1.41. The minimum atomic E-state index is -0.762. The average Bonchev–Trinajstić information content (AvgIpc) is 2.56. The van der Waals surface area contributed by atoms with Crippen LogP contribution in [0, 0.1) is 17.0 Å². The Hall–Kier alpha value is -1.95. The van der Waals surface area contributed by atoms with Crippen molar-refractivity contribution in [3.05, 3.63) is 38.9 Å². The van der Waals surface area contributed by atoms with Crippen molar-refractivity contribution in [2.75, 3.05) is 7.11 Å². The molecule has 6 heteroatoms. The minimum Gasteiger partial charge on any atom is -0.428 e. The third kappa shape index (κ3) is 1.35. The summed E-state index contributed by atoms with van der Waals surface area (Å²) < 4.78 is 9.86. The van der Waals surface area contributed by atoms with Gasteiger partial charge in [-0.05, 0) is 13.0 Å². The van der Waals surface area contributed by atoms with Crippen molar-refractivity contribution >= 4 is 11.7 Å². The molecule has 0 aliphatic carbocycles. The third-order valence-electron chi connectivity index (χ3n) is 2.55. The van der Waals surface area contributed by atoms with Crippen LogP contribution in [0.4, 0.5) is 5.69 Å². The summed E-state index contributed by atoms with van der Waals surface area (Å²) in [4.78, 5) is 21.7. The molecule has 1 atom stereocenters. The molecule has 0 radical (unpaired) electrons. The van der Waals surface area contributed by atoms with Gasteiger partial charge in [-0.3, -0.25) is 10.1 Å². The Morgan fingerprint density at radius 2 is 2.19 bits per heavy atom. The Labute approximate surface area is 90.9 Å². The van der Waals surface area contributed by atoms with Gasteiger partial charge in [-0.15, -0.1) is 0 Å². The number of nitro groups is 1. The number of carbonyl (C=O) groups is 1. The Bertz CT molecular complexity index is 482. The molecule has 6 nitrogen and oxygen atoms in total. The fraction of sp³-hybridized carbons (Fsp3) is 0.300. The highest BCUT2D eigenvalue weighted by Gasteiger charge is 2.35. The summed E-state index contributed by atoms with van der Waals surface area (Å²) in [5.74, 6) is -0.581. The number of nitro benzene ring substituents is 1. The van der Waals surface area contributed by atoms with Crippen molar-refractivity contribution in [1.82, 2.24) is 0 Å². The number of methoxy groups -OCH3 is 1. The number of esters is 1. The van der Waals surface area contributed by atoms with Crippen LogP contribution in [0.15, 0.2) is 12.1 Å². The second-order valence-electron chi connectivity index (χ2n) is 3.40. The smallest absolute Gasteiger partial charge is 0.341 e. The summed E-state index contributed by atoms with van der Waals surface area (Å²) in [6.07, 6.45) is -0.762. The summed E-state index contributed by atoms with van der Waals surface area (Å²) in [6, 6.07) is 2.84. The van der Waals surface area contributed by atoms with Crippen LogP contribution < -0.4 is 0 Å². The van der Waals surface area contributed by atoms with Gasteiger partial charge in [-0.1, -0.05) is 0 Å². The van der Waals surface area contributed by atoms with Gasteiger partial charge in [0.15, 0.2) is 0 Å². The lowest BCUT2D eigenvalue weighted by Gasteiger charge is -2.07. The molecule has 1 heterocycles. The van der Waals surface area contributed by atoms with Crippen molar-refractivity contribution in [2.45, 2.75) is 13.2 Å². The van der Waals surface area contributed by atoms with E-state index in [2.05, 4.69) is 0 Å². The van der Waals surface area contributed by atoms with Gasteiger partial charge >= 0.3 is 5.97 Å². The number of ether oxygens (including phenoxy) is 2. The van der Waals surface area contributed by atoms with E-state index < -0.39 is 17.2 Å². The molecule has 0 amide bonds. The van der Waals surface area contributed by atoms with Crippen LogP contribution >= 0.6 is 0 Å². The predicted octanol–water partition coefficient (Wildman–Crippen LogP) is 1.72. The van der Waals surface area contributed by atoms with E-state index >= 15 is 0 Å². The zero-order valence-corrected chi connectivity index (χ0v) is 8.72. The summed E-state index contributed by atoms with van der Waals surface area (Å²) in [5.41, 5.74) is 0.996. The van der Waals surface area contributed by atoms with Crippen molar-refractivity contribution in [2.24, 2.45) is 0 Å². The molecule has 2 rings (SSSR count). The number of cyclic esters (lactones) is 1. The van der Waals surface area contributed by atoms with Gasteiger partial charge in [0, 0.05) is 24.3 Å². The maximum absolute atomic E-state index is 11.5. The van der Waals surface area contributed by atoms with Crippen LogP contribution in [0.1, 0.15) is 27.8 Å². The molecule has 1 aromatic rings. The second-order valence-corrected chi connectivity index (χ2v) is 3.40. The number of fused-ring (bicyclic) bond motifs is 1. The lowest BCUT2D eigenvalue weighted by atomic mass is 10.0. The predicted molar refractivity (Wildman–Crippen MR) is 53.0 cm³/mol. The Morgan fingerprint density at radius 1 is 1.50 bits per heavy atom. The number of nitrogens with zero attached hydrogens (tertiary/aromatic N) is 1. The molecule has 16 heavy (non-hydrogen) atoms. The summed E-state index contributed by atoms with van der Waals surface area (Å²) >= 11 is 0. The molecule has 0 saturated carbocycles. The largest absolute Gasteiger partial charge is 0.428 e. The third-order valence-corrected chi connectivity index (χ3v) is 2.55. The lowest BCUT2D eigenvalue weighted by molar-refractivity contribution is -0.385. The van der Waals surface area contributed by atoms with Crippen molar-refractivity contribution < 1.29 is 19.2 Å². The molecule has 0 bridgehead atoms. The number of carbonyl (C=O) groups excluding carboxylic acids is 1. The first-order valence-corrected chi connectivity index (χ1v) is 4.58. The normalized spacial score (nSPS) is 18.1. The standard InChI is InChI=1S/C10H9NO5/c1-5-7(11(13)14)4-3-6-8(5)9(12)16-10(6)15-2/h3-4,10H,1-2H3. The summed E-state index contributed by atoms with van der Waals surface area (Å²) in [6.45, 7) is 1.52. The maximum atomic E-state index is 11.5. The molecule has 0 spiro atoms. The fourth-order valence-corrected chi connectivity index (χ4v) is 1.78. The van der Waals surface area contributed by atoms with Gasteiger partial charge < -0.3 is 9.47 Å². The van der Waals surface area contributed by atoms with Crippen LogP contribution in [0.25, 0.3) is 0 Å². The van der Waals surface area contributed by atoms with E-state index in [1.807, 2.05) is 0 Å². The molecule has 1 aromatic carbocycles. The van der Waals surface area contributed by atoms with E-state index in [-0.39, 0.29) is 11.3 Å². The van der Waals surface area contributed by atoms with Crippen molar-refractivity contribution in [3.63, 3.8) is 0 Å². The molecule has 1 aliphatic heterocycles. The molecule has 0 fully saturated rings. The second kappa shape index (κ2) is 3.57. The lowest BCUT2D eigenvalue weighted by Crippen LogP contribution is -2.01. The topological polar surface area (TPSA) is 78.7 Å². The molecular formula is C10H9NO5. The first kappa shape index (κ1) is 10.6. The van der Waals surface area contributed by atoms with Crippen molar-refractivity contribution in [3.8, 4) is 0 Å². The van der Waals surface area contributed by atoms with E-state index in [0.717, 1.165) is 0 Å². The first-order chi connectivity index (χ1) is 7.56. The van der Waals surface area contributed by atoms with Gasteiger partial charge in [-0.25, -0.2) is 4.79 Å². The van der Waals surface area contributed by atoms with Crippen molar-refractivity contribution in [1.29, 1.82) is 0 Å². The highest BCUT2D eigenvalue weighted by Crippen LogP contribution is 2.36. The monoisotopic (exact) mass is 223 g/mol. The first-order valence-electron chi connectivity index (χ1n) is 4.58. The van der Waals surface area contributed by atoms with E-state index in [9.17, 15) is 14.9 Å². The van der Waals surface area contributed by atoms with Gasteiger partial charge in [0.05, 0.1) is 10.5 Å². The van der Waals surface area contributed by atoms with Crippen LogP contribution in [-0.4, -0.2) is 18.0 Å². The highest BCUT2D eigenvalue weighted by molar-refractivity contribution is 5.96. The molecule has 0 N–H and O–H groups in total. The van der Waals surface area contributed by atoms with Gasteiger partial charge in [0.1, 0.15) is 0 Å². The quantitative estimate of drug-likeness (QED) is 0.433. The molecule has 0 aromatic heterocycles. The van der Waals surface area contributed by atoms with E-state index in [0.29, 0.717) is 11.1 Å². The Morgan fingerprint density at radius 3 is 2.75 bits per heavy atom. The van der Waals surface area contributed by atoms with Crippen LogP contribution in [-0.2, 0) is 9.47 Å². The molecular weight excluding hydrogens is 214 g/mol. The Kier molecular flexibility index (Phi) is 2.35. The zero-order chi connectivity index (χ0) is 11.9. The molecule has 0 saturated heterocycles. The number of hydrogen-bond acceptors (Lipinski definition) is 5. The van der Waals surface area contributed by atoms with E-state index in [1.54, 1.807) is 0 Å². The van der Waals surface area contributed by atoms with E-state index in [1.165, 1.54) is 26.2 Å². The molecule has 1 unspecified atom stereocenters. The number of rotatable bonds is 2. The SMILES string of the molecule is COC1OC(=O)c2c1ccc([N+](=O)[O-])c2C. The highest BCUT2D eigenvalue weighted by atomic mass is 16.7. The number of benzene rings is 1. The summed E-state index contributed by atoms with van der Waals surface area (Å²) in [5, 5.41) is 10.7. The number of hydrogen-bond donors (Lipinski definition) is 0. The van der Waals surface area contributed by atoms with Crippen LogP contribution in [0.3, 0.4) is 0 Å². The zero-order valence-electron chi connectivity index (χ0n) is 8.72. The maximum Gasteiger partial charge on any atom is 0.341 e. The van der Waals surface area contributed by atoms with Gasteiger partial charge in [-0.2, -0.15) is 0 Å². The van der Waals surface area contributed by atoms with Crippen LogP contribution in [0.5, 0.6) is 0 Å². The van der Waals surface area contributed by atoms with E-state index in [4.69, 9.17) is 9.47 Å². The van der Waals surface area contributed by atoms with Gasteiger partial charge in [0.25, 0.3) is 5.69 Å².